The molecule has 40 valence electrons. The Hall–Kier alpha value is 2.04. The van der Waals surface area contributed by atoms with Crippen LogP contribution in [0.4, 0.5) is 4.53 Å². The van der Waals surface area contributed by atoms with Crippen LogP contribution in [-0.2, 0) is 4.63 Å². The van der Waals surface area contributed by atoms with Crippen LogP contribution in [0.5, 0.6) is 0 Å². The Morgan fingerprint density at radius 1 is 1.43 bits per heavy atom. The number of hydrogen-bond donors (Lipinski definition) is 3. The summed E-state index contributed by atoms with van der Waals surface area (Å²) in [5.41, 5.74) is 0. The van der Waals surface area contributed by atoms with E-state index in [1.54, 1.807) is 0 Å². The second-order valence-electron chi connectivity index (χ2n) is 0.651. The first-order chi connectivity index (χ1) is 2.56. The van der Waals surface area contributed by atoms with E-state index in [-0.39, 0.29) is 70.3 Å². The topological polar surface area (TPSA) is 69.9 Å². The van der Waals surface area contributed by atoms with Crippen molar-refractivity contribution in [2.75, 3.05) is 0 Å². The van der Waals surface area contributed by atoms with Crippen molar-refractivity contribution in [3.8, 4) is 0 Å². The van der Waals surface area contributed by atoms with Gasteiger partial charge in [0.15, 0.2) is 0 Å². The zero-order valence-electron chi connectivity index (χ0n) is 4.63. The van der Waals surface area contributed by atoms with Gasteiger partial charge in [0.1, 0.15) is 0 Å². The standard InChI is InChI=1S/Cs.FH3O4Si.H/c;1-5-6(2,3)4;/h;2-4H;/q+1;;-1. The van der Waals surface area contributed by atoms with Crippen LogP contribution < -0.4 is 68.9 Å². The van der Waals surface area contributed by atoms with Gasteiger partial charge in [0.05, 0.1) is 0 Å². The number of halogens is 1. The molecule has 4 nitrogen and oxygen atoms in total. The van der Waals surface area contributed by atoms with Crippen molar-refractivity contribution >= 4 is 9.05 Å². The number of hydrogen-bond acceptors (Lipinski definition) is 4. The maximum atomic E-state index is 10.3. The molecular formula is H4CsFO4Si. The summed E-state index contributed by atoms with van der Waals surface area (Å²) in [7, 11) is -4.80. The van der Waals surface area contributed by atoms with Gasteiger partial charge in [0.25, 0.3) is 0 Å². The smallest absolute Gasteiger partial charge is 1.00 e. The molecule has 0 radical (unpaired) electrons. The van der Waals surface area contributed by atoms with E-state index in [0.717, 1.165) is 0 Å². The van der Waals surface area contributed by atoms with Gasteiger partial charge in [-0.3, -0.25) is 0 Å². The maximum Gasteiger partial charge on any atom is 1.00 e. The Kier molecular flexibility index (Phi) is 8.21. The molecule has 0 bridgehead atoms. The van der Waals surface area contributed by atoms with E-state index in [0.29, 0.717) is 0 Å². The molecule has 0 heterocycles. The number of rotatable bonds is 1. The first kappa shape index (κ1) is 11.8. The molecule has 3 N–H and O–H groups in total. The Morgan fingerprint density at radius 2 is 1.57 bits per heavy atom. The SMILES string of the molecule is O[Si](O)(O)OF.[Cs+].[H-]. The van der Waals surface area contributed by atoms with E-state index < -0.39 is 9.05 Å². The van der Waals surface area contributed by atoms with Crippen molar-refractivity contribution in [3.63, 3.8) is 0 Å². The zero-order chi connectivity index (χ0) is 5.21. The molecule has 7 heavy (non-hydrogen) atoms. The molecule has 0 spiro atoms. The van der Waals surface area contributed by atoms with Crippen LogP contribution >= 0.6 is 0 Å². The van der Waals surface area contributed by atoms with Crippen LogP contribution in [0.2, 0.25) is 0 Å². The Morgan fingerprint density at radius 3 is 1.57 bits per heavy atom. The summed E-state index contributed by atoms with van der Waals surface area (Å²) in [6.45, 7) is 0. The van der Waals surface area contributed by atoms with E-state index in [9.17, 15) is 4.53 Å². The molecule has 0 rings (SSSR count). The molecule has 0 saturated carbocycles. The van der Waals surface area contributed by atoms with E-state index in [2.05, 4.69) is 4.63 Å². The summed E-state index contributed by atoms with van der Waals surface area (Å²) in [4.78, 5) is 22.4. The zero-order valence-corrected chi connectivity index (χ0v) is 10.9. The Bertz CT molecular complexity index is 45.8. The fourth-order valence-electron chi connectivity index (χ4n) is 0. The maximum absolute atomic E-state index is 10.3. The van der Waals surface area contributed by atoms with Crippen LogP contribution in [-0.4, -0.2) is 23.4 Å². The summed E-state index contributed by atoms with van der Waals surface area (Å²) < 4.78 is 12.6. The van der Waals surface area contributed by atoms with Gasteiger partial charge in [-0.15, -0.1) is 0 Å². The van der Waals surface area contributed by atoms with Crippen LogP contribution in [0.15, 0.2) is 0 Å². The molecule has 0 saturated heterocycles. The summed E-state index contributed by atoms with van der Waals surface area (Å²) in [6.07, 6.45) is 0. The summed E-state index contributed by atoms with van der Waals surface area (Å²) in [6, 6.07) is 0. The van der Waals surface area contributed by atoms with Gasteiger partial charge in [-0.05, 0) is 0 Å². The Labute approximate surface area is 101 Å². The third-order valence-corrected chi connectivity index (χ3v) is 0.311. The molecule has 0 aliphatic heterocycles. The van der Waals surface area contributed by atoms with Crippen molar-refractivity contribution in [1.82, 2.24) is 0 Å². The minimum Gasteiger partial charge on any atom is -1.00 e. The van der Waals surface area contributed by atoms with Crippen LogP contribution in [0.25, 0.3) is 0 Å². The van der Waals surface area contributed by atoms with Crippen molar-refractivity contribution in [3.05, 3.63) is 0 Å². The van der Waals surface area contributed by atoms with Crippen molar-refractivity contribution in [2.45, 2.75) is 0 Å². The van der Waals surface area contributed by atoms with Gasteiger partial charge in [0.2, 0.25) is 0 Å². The molecule has 0 aliphatic carbocycles. The van der Waals surface area contributed by atoms with Gasteiger partial charge in [-0.1, -0.05) is 4.53 Å². The summed E-state index contributed by atoms with van der Waals surface area (Å²) in [5.74, 6) is 0. The third-order valence-electron chi connectivity index (χ3n) is 0.104. The molecule has 0 aliphatic rings. The van der Waals surface area contributed by atoms with E-state index in [1.807, 2.05) is 0 Å². The largest absolute Gasteiger partial charge is 1.00 e. The molecule has 0 amide bonds. The molecule has 0 aromatic carbocycles. The summed E-state index contributed by atoms with van der Waals surface area (Å²) >= 11 is 0. The van der Waals surface area contributed by atoms with Crippen LogP contribution in [0, 0.1) is 0 Å². The Balaban J connectivity index is -0.000000125. The average molecular weight is 248 g/mol. The van der Waals surface area contributed by atoms with Gasteiger partial charge < -0.3 is 15.8 Å². The fraction of sp³-hybridized carbons (Fsp3) is 0. The van der Waals surface area contributed by atoms with E-state index in [4.69, 9.17) is 14.4 Å². The van der Waals surface area contributed by atoms with Crippen LogP contribution in [0.1, 0.15) is 1.43 Å². The fourth-order valence-corrected chi connectivity index (χ4v) is 0. The van der Waals surface area contributed by atoms with Gasteiger partial charge >= 0.3 is 77.9 Å². The van der Waals surface area contributed by atoms with E-state index in [1.165, 1.54) is 0 Å². The second-order valence-corrected chi connectivity index (χ2v) is 1.95. The molecule has 0 aromatic heterocycles. The first-order valence-corrected chi connectivity index (χ1v) is 2.78. The van der Waals surface area contributed by atoms with Gasteiger partial charge in [-0.2, -0.15) is 4.63 Å². The molecule has 0 aromatic rings. The van der Waals surface area contributed by atoms with Crippen molar-refractivity contribution < 1.29 is 93.9 Å². The summed E-state index contributed by atoms with van der Waals surface area (Å²) in [5, 5.41) is 0. The minimum atomic E-state index is -4.80. The molecule has 0 atom stereocenters. The van der Waals surface area contributed by atoms with Crippen LogP contribution in [0.3, 0.4) is 0 Å². The molecule has 7 heteroatoms. The average Bonchev–Trinajstić information content (AvgIpc) is 1.35. The van der Waals surface area contributed by atoms with Gasteiger partial charge in [-0.25, -0.2) is 0 Å². The molecule has 0 fully saturated rings. The third kappa shape index (κ3) is 11.5. The molecular weight excluding hydrogens is 244 g/mol. The minimum absolute atomic E-state index is 0. The first-order valence-electron chi connectivity index (χ1n) is 1.03. The monoisotopic (exact) mass is 248 g/mol. The van der Waals surface area contributed by atoms with Gasteiger partial charge in [0, 0.05) is 0 Å². The quantitative estimate of drug-likeness (QED) is 0.408. The van der Waals surface area contributed by atoms with Crippen molar-refractivity contribution in [2.24, 2.45) is 0 Å². The second kappa shape index (κ2) is 4.87. The predicted octanol–water partition coefficient (Wildman–Crippen LogP) is -4.58. The molecule has 0 unspecified atom stereocenters. The normalized spacial score (nSPS) is 10.3. The van der Waals surface area contributed by atoms with Crippen molar-refractivity contribution in [1.29, 1.82) is 0 Å². The predicted molar refractivity (Wildman–Crippen MR) is 15.7 cm³/mol. The van der Waals surface area contributed by atoms with E-state index >= 15 is 0 Å².